The van der Waals surface area contributed by atoms with Crippen LogP contribution in [0.1, 0.15) is 48.6 Å². The first-order chi connectivity index (χ1) is 25.1. The fourth-order valence-corrected chi connectivity index (χ4v) is 6.71. The zero-order valence-corrected chi connectivity index (χ0v) is 29.5. The molecule has 276 valence electrons. The summed E-state index contributed by atoms with van der Waals surface area (Å²) in [6.07, 6.45) is -4.76. The van der Waals surface area contributed by atoms with Gasteiger partial charge in [-0.1, -0.05) is 78.9 Å². The zero-order valence-electron chi connectivity index (χ0n) is 29.5. The molecule has 0 saturated heterocycles. The van der Waals surface area contributed by atoms with Gasteiger partial charge in [0, 0.05) is 5.56 Å². The number of anilines is 2. The Hall–Kier alpha value is -5.65. The lowest BCUT2D eigenvalue weighted by Crippen LogP contribution is -2.64. The number of hydrogen-bond donors (Lipinski definition) is 2. The number of amidine groups is 1. The zero-order chi connectivity index (χ0) is 38.2. The lowest BCUT2D eigenvalue weighted by Gasteiger charge is -2.49. The van der Waals surface area contributed by atoms with Crippen LogP contribution in [0.25, 0.3) is 0 Å². The average molecular weight is 734 g/mol. The minimum Gasteiger partial charge on any atom is -0.497 e. The van der Waals surface area contributed by atoms with Crippen molar-refractivity contribution < 1.29 is 40.6 Å². The van der Waals surface area contributed by atoms with Crippen molar-refractivity contribution in [3.05, 3.63) is 155 Å². The standard InChI is InChI=1S/C41H37F6N3O3/c1-37(2)41(46,47)38(3,32-15-11-17-34(35(32)42)48-33-16-10-9-14-31(33)40(43,44)45)49-36(53-37)50-39(26-12-7-6-8-13-26,27-18-22-29(51-4)23-19-27)28-20-24-30(52-5)25-21-28/h6-25,48H,1-5H3,(H,49,50)/t38-/m1/s1. The van der Waals surface area contributed by atoms with E-state index in [0.717, 1.165) is 25.1 Å². The van der Waals surface area contributed by atoms with Gasteiger partial charge < -0.3 is 24.8 Å². The summed E-state index contributed by atoms with van der Waals surface area (Å²) in [4.78, 5) is 4.46. The maximum Gasteiger partial charge on any atom is 0.418 e. The molecule has 0 aliphatic carbocycles. The Kier molecular flexibility index (Phi) is 9.61. The molecule has 2 N–H and O–H groups in total. The van der Waals surface area contributed by atoms with E-state index in [0.29, 0.717) is 28.2 Å². The van der Waals surface area contributed by atoms with Crippen LogP contribution in [0.4, 0.5) is 37.7 Å². The molecule has 0 saturated carbocycles. The first kappa shape index (κ1) is 37.1. The fraction of sp³-hybridized carbons (Fsp3) is 0.244. The molecule has 0 radical (unpaired) electrons. The highest BCUT2D eigenvalue weighted by molar-refractivity contribution is 5.80. The Morgan fingerprint density at radius 1 is 0.642 bits per heavy atom. The van der Waals surface area contributed by atoms with Crippen molar-refractivity contribution in [2.75, 3.05) is 19.5 Å². The molecule has 5 aromatic carbocycles. The SMILES string of the molecule is COc1ccc(C(NC2=N[C@](C)(c3cccc(Nc4ccccc4C(F)(F)F)c3F)C(F)(F)C(C)(C)O2)(c2ccccc2)c2ccc(OC)cc2)cc1. The summed E-state index contributed by atoms with van der Waals surface area (Å²) in [5.41, 5.74) is -6.78. The molecular formula is C41H37F6N3O3. The summed E-state index contributed by atoms with van der Waals surface area (Å²) >= 11 is 0. The van der Waals surface area contributed by atoms with Gasteiger partial charge in [-0.2, -0.15) is 22.0 Å². The Morgan fingerprint density at radius 2 is 1.15 bits per heavy atom. The molecule has 6 rings (SSSR count). The number of ether oxygens (including phenoxy) is 3. The molecule has 6 nitrogen and oxygen atoms in total. The van der Waals surface area contributed by atoms with Crippen molar-refractivity contribution in [2.45, 2.75) is 49.5 Å². The van der Waals surface area contributed by atoms with Gasteiger partial charge in [0.15, 0.2) is 17.0 Å². The molecule has 0 unspecified atom stereocenters. The Morgan fingerprint density at radius 3 is 1.70 bits per heavy atom. The third-order valence-corrected chi connectivity index (χ3v) is 9.62. The number of methoxy groups -OCH3 is 2. The number of nitrogens with zero attached hydrogens (tertiary/aromatic N) is 1. The van der Waals surface area contributed by atoms with Gasteiger partial charge in [0.2, 0.25) is 0 Å². The van der Waals surface area contributed by atoms with E-state index in [1.807, 2.05) is 54.6 Å². The summed E-state index contributed by atoms with van der Waals surface area (Å²) in [5.74, 6) is -3.91. The third kappa shape index (κ3) is 6.51. The van der Waals surface area contributed by atoms with Gasteiger partial charge in [-0.05, 0) is 79.9 Å². The second kappa shape index (κ2) is 13.7. The molecule has 1 heterocycles. The highest BCUT2D eigenvalue weighted by Crippen LogP contribution is 2.53. The predicted octanol–water partition coefficient (Wildman–Crippen LogP) is 10.2. The van der Waals surface area contributed by atoms with Crippen LogP contribution in [-0.2, 0) is 22.0 Å². The first-order valence-corrected chi connectivity index (χ1v) is 16.6. The summed E-state index contributed by atoms with van der Waals surface area (Å²) in [6, 6.07) is 31.3. The number of aliphatic imine (C=N–C) groups is 1. The van der Waals surface area contributed by atoms with Gasteiger partial charge in [0.05, 0.1) is 31.2 Å². The molecule has 1 atom stereocenters. The first-order valence-electron chi connectivity index (χ1n) is 16.6. The number of hydrogen-bond acceptors (Lipinski definition) is 6. The lowest BCUT2D eigenvalue weighted by molar-refractivity contribution is -0.209. The third-order valence-electron chi connectivity index (χ3n) is 9.62. The molecule has 0 fully saturated rings. The lowest BCUT2D eigenvalue weighted by atomic mass is 9.76. The monoisotopic (exact) mass is 733 g/mol. The molecule has 1 aliphatic rings. The fourth-order valence-electron chi connectivity index (χ4n) is 6.71. The van der Waals surface area contributed by atoms with E-state index in [-0.39, 0.29) is 6.02 Å². The van der Waals surface area contributed by atoms with Crippen molar-refractivity contribution in [2.24, 2.45) is 4.99 Å². The molecule has 0 spiro atoms. The van der Waals surface area contributed by atoms with E-state index in [1.54, 1.807) is 24.3 Å². The average Bonchev–Trinajstić information content (AvgIpc) is 3.14. The number of para-hydroxylation sites is 1. The van der Waals surface area contributed by atoms with Crippen LogP contribution in [0, 0.1) is 5.82 Å². The van der Waals surface area contributed by atoms with Crippen LogP contribution in [0.2, 0.25) is 0 Å². The van der Waals surface area contributed by atoms with E-state index >= 15 is 13.2 Å². The van der Waals surface area contributed by atoms with Crippen LogP contribution in [0.15, 0.2) is 126 Å². The molecule has 0 bridgehead atoms. The van der Waals surface area contributed by atoms with Crippen molar-refractivity contribution >= 4 is 17.4 Å². The van der Waals surface area contributed by atoms with Crippen molar-refractivity contribution in [1.82, 2.24) is 5.32 Å². The molecule has 0 aromatic heterocycles. The van der Waals surface area contributed by atoms with Crippen LogP contribution in [-0.4, -0.2) is 31.8 Å². The van der Waals surface area contributed by atoms with Gasteiger partial charge in [-0.3, -0.25) is 0 Å². The molecule has 1 aliphatic heterocycles. The Balaban J connectivity index is 1.55. The summed E-state index contributed by atoms with van der Waals surface area (Å²) in [7, 11) is 3.07. The molecule has 0 amide bonds. The molecule has 12 heteroatoms. The van der Waals surface area contributed by atoms with Gasteiger partial charge >= 0.3 is 12.1 Å². The quantitative estimate of drug-likeness (QED) is 0.117. The van der Waals surface area contributed by atoms with Gasteiger partial charge in [-0.15, -0.1) is 0 Å². The molecule has 53 heavy (non-hydrogen) atoms. The topological polar surface area (TPSA) is 64.1 Å². The van der Waals surface area contributed by atoms with E-state index in [9.17, 15) is 13.2 Å². The number of benzene rings is 5. The highest BCUT2D eigenvalue weighted by Gasteiger charge is 2.67. The highest BCUT2D eigenvalue weighted by atomic mass is 19.4. The van der Waals surface area contributed by atoms with Crippen LogP contribution < -0.4 is 20.1 Å². The second-order valence-electron chi connectivity index (χ2n) is 13.2. The Labute approximate surface area is 303 Å². The van der Waals surface area contributed by atoms with E-state index in [2.05, 4.69) is 15.6 Å². The number of alkyl halides is 5. The number of nitrogens with one attached hydrogen (secondary N) is 2. The Bertz CT molecular complexity index is 2060. The van der Waals surface area contributed by atoms with Crippen LogP contribution in [0.5, 0.6) is 11.5 Å². The van der Waals surface area contributed by atoms with Gasteiger partial charge in [0.25, 0.3) is 6.02 Å². The summed E-state index contributed by atoms with van der Waals surface area (Å²) in [5, 5.41) is 5.83. The van der Waals surface area contributed by atoms with Crippen molar-refractivity contribution in [3.63, 3.8) is 0 Å². The maximum absolute atomic E-state index is 16.8. The van der Waals surface area contributed by atoms with Gasteiger partial charge in [0.1, 0.15) is 17.0 Å². The molecular weight excluding hydrogens is 696 g/mol. The van der Waals surface area contributed by atoms with E-state index < -0.39 is 57.1 Å². The summed E-state index contributed by atoms with van der Waals surface area (Å²) < 4.78 is 108. The molecule has 5 aromatic rings. The largest absolute Gasteiger partial charge is 0.497 e. The summed E-state index contributed by atoms with van der Waals surface area (Å²) in [6.45, 7) is 3.42. The van der Waals surface area contributed by atoms with Crippen molar-refractivity contribution in [1.29, 1.82) is 0 Å². The minimum atomic E-state index is -4.76. The normalized spacial score (nSPS) is 18.0. The van der Waals surface area contributed by atoms with Gasteiger partial charge in [-0.25, -0.2) is 9.38 Å². The second-order valence-corrected chi connectivity index (χ2v) is 13.2. The van der Waals surface area contributed by atoms with E-state index in [4.69, 9.17) is 14.2 Å². The minimum absolute atomic E-state index is 0.334. The van der Waals surface area contributed by atoms with Crippen molar-refractivity contribution in [3.8, 4) is 11.5 Å². The maximum atomic E-state index is 16.8. The predicted molar refractivity (Wildman–Crippen MR) is 191 cm³/mol. The smallest absolute Gasteiger partial charge is 0.418 e. The number of halogens is 6. The van der Waals surface area contributed by atoms with Crippen LogP contribution >= 0.6 is 0 Å². The number of rotatable bonds is 9. The van der Waals surface area contributed by atoms with Crippen LogP contribution in [0.3, 0.4) is 0 Å². The van der Waals surface area contributed by atoms with E-state index in [1.165, 1.54) is 52.3 Å².